The van der Waals surface area contributed by atoms with Gasteiger partial charge in [-0.25, -0.2) is 9.69 Å². The Morgan fingerprint density at radius 1 is 1.07 bits per heavy atom. The van der Waals surface area contributed by atoms with Gasteiger partial charge in [-0.2, -0.15) is 10.2 Å². The van der Waals surface area contributed by atoms with Gasteiger partial charge in [-0.1, -0.05) is 19.3 Å². The lowest BCUT2D eigenvalue weighted by molar-refractivity contribution is -0.544. The molecule has 1 unspecified atom stereocenters. The number of rotatable bonds is 2. The Kier molecular flexibility index (Phi) is 5.78. The Morgan fingerprint density at radius 3 is 2.30 bits per heavy atom. The van der Waals surface area contributed by atoms with Crippen molar-refractivity contribution in [1.82, 2.24) is 15.1 Å². The molecule has 0 bridgehead atoms. The third-order valence-corrected chi connectivity index (χ3v) is 6.02. The van der Waals surface area contributed by atoms with Crippen LogP contribution in [0.3, 0.4) is 0 Å². The average molecular weight is 374 g/mol. The highest BCUT2D eigenvalue weighted by Crippen LogP contribution is 2.24. The first-order valence-corrected chi connectivity index (χ1v) is 9.81. The molecule has 0 radical (unpaired) electrons. The molecule has 2 heterocycles. The molecule has 0 aromatic heterocycles. The van der Waals surface area contributed by atoms with Gasteiger partial charge in [0.2, 0.25) is 11.8 Å². The minimum absolute atomic E-state index is 0.111. The molecule has 146 valence electrons. The van der Waals surface area contributed by atoms with E-state index in [9.17, 15) is 19.6 Å². The highest BCUT2D eigenvalue weighted by Gasteiger charge is 2.48. The van der Waals surface area contributed by atoms with Crippen LogP contribution < -0.4 is 5.32 Å². The number of nitriles is 1. The third kappa shape index (κ3) is 3.82. The summed E-state index contributed by atoms with van der Waals surface area (Å²) in [5, 5.41) is 12.6. The highest BCUT2D eigenvalue weighted by atomic mass is 16.2. The molecule has 8 heteroatoms. The van der Waals surface area contributed by atoms with Gasteiger partial charge in [-0.3, -0.25) is 14.2 Å². The van der Waals surface area contributed by atoms with E-state index < -0.39 is 17.9 Å². The van der Waals surface area contributed by atoms with Crippen molar-refractivity contribution >= 4 is 23.7 Å². The maximum atomic E-state index is 12.4. The number of nitrogens with zero attached hydrogens (tertiary/aromatic N) is 4. The zero-order chi connectivity index (χ0) is 19.6. The van der Waals surface area contributed by atoms with E-state index >= 15 is 0 Å². The second kappa shape index (κ2) is 8.07. The summed E-state index contributed by atoms with van der Waals surface area (Å²) in [6.45, 7) is 1.22. The van der Waals surface area contributed by atoms with E-state index in [0.717, 1.165) is 43.4 Å². The first-order valence-electron chi connectivity index (χ1n) is 9.81. The first kappa shape index (κ1) is 19.3. The summed E-state index contributed by atoms with van der Waals surface area (Å²) < 4.78 is 1.94. The normalized spacial score (nSPS) is 27.6. The van der Waals surface area contributed by atoms with Gasteiger partial charge in [0.25, 0.3) is 11.7 Å². The molecule has 1 N–H and O–H groups in total. The molecule has 0 spiro atoms. The summed E-state index contributed by atoms with van der Waals surface area (Å²) in [5.41, 5.74) is 0. The zero-order valence-electron chi connectivity index (χ0n) is 16.1. The summed E-state index contributed by atoms with van der Waals surface area (Å²) in [6.07, 6.45) is 6.93. The van der Waals surface area contributed by atoms with E-state index in [-0.39, 0.29) is 17.9 Å². The zero-order valence-corrected chi connectivity index (χ0v) is 16.1. The minimum atomic E-state index is -0.967. The first-order chi connectivity index (χ1) is 12.9. The minimum Gasteiger partial charge on any atom is -0.353 e. The predicted octanol–water partition coefficient (Wildman–Crippen LogP) is 0.920. The number of hydrogen-bond acceptors (Lipinski definition) is 4. The lowest BCUT2D eigenvalue weighted by atomic mass is 9.88. The van der Waals surface area contributed by atoms with E-state index in [4.69, 9.17) is 0 Å². The van der Waals surface area contributed by atoms with E-state index in [1.54, 1.807) is 7.05 Å². The number of imide groups is 1. The fourth-order valence-electron chi connectivity index (χ4n) is 4.36. The summed E-state index contributed by atoms with van der Waals surface area (Å²) in [5.74, 6) is -0.682. The molecule has 1 saturated carbocycles. The van der Waals surface area contributed by atoms with Crippen LogP contribution in [-0.4, -0.2) is 71.3 Å². The summed E-state index contributed by atoms with van der Waals surface area (Å²) in [4.78, 5) is 39.4. The van der Waals surface area contributed by atoms with Gasteiger partial charge in [0.1, 0.15) is 0 Å². The molecule has 27 heavy (non-hydrogen) atoms. The van der Waals surface area contributed by atoms with Crippen LogP contribution in [0, 0.1) is 23.2 Å². The molecule has 8 nitrogen and oxygen atoms in total. The van der Waals surface area contributed by atoms with Crippen LogP contribution in [0.4, 0.5) is 4.79 Å². The number of amidine groups is 1. The summed E-state index contributed by atoms with van der Waals surface area (Å²) in [7, 11) is 3.00. The number of nitrogens with one attached hydrogen (secondary N) is 1. The molecule has 3 aliphatic rings. The van der Waals surface area contributed by atoms with Gasteiger partial charge in [-0.05, 0) is 12.8 Å². The number of piperidine rings is 1. The highest BCUT2D eigenvalue weighted by molar-refractivity contribution is 6.17. The van der Waals surface area contributed by atoms with E-state index in [1.807, 2.05) is 10.6 Å². The van der Waals surface area contributed by atoms with Crippen LogP contribution in [0.2, 0.25) is 0 Å². The number of urea groups is 1. The SMILES string of the molecule is CN1C(=O)C(C#N)C(=[N+]2CCC(NC(=O)C3CCCCC3)CC2)N(C)C1=O. The molecular formula is C19H28N5O3+. The second-order valence-electron chi connectivity index (χ2n) is 7.76. The van der Waals surface area contributed by atoms with Crippen LogP contribution in [-0.2, 0) is 9.59 Å². The molecule has 3 rings (SSSR count). The smallest absolute Gasteiger partial charge is 0.353 e. The largest absolute Gasteiger partial charge is 0.417 e. The standard InChI is InChI=1S/C19H27N5O3/c1-22-17(15(12-20)18(26)23(2)19(22)27)24-10-8-14(9-11-24)21-16(25)13-6-4-3-5-7-13/h13-15H,3-11H2,1-2H3/p+1. The van der Waals surface area contributed by atoms with Crippen LogP contribution in [0.15, 0.2) is 0 Å². The van der Waals surface area contributed by atoms with Crippen molar-refractivity contribution < 1.29 is 19.0 Å². The summed E-state index contributed by atoms with van der Waals surface area (Å²) >= 11 is 0. The lowest BCUT2D eigenvalue weighted by Crippen LogP contribution is -2.60. The molecule has 0 aromatic rings. The molecule has 1 aliphatic carbocycles. The van der Waals surface area contributed by atoms with Crippen LogP contribution in [0.1, 0.15) is 44.9 Å². The van der Waals surface area contributed by atoms with Crippen molar-refractivity contribution in [3.05, 3.63) is 0 Å². The van der Waals surface area contributed by atoms with Gasteiger partial charge in [0, 0.05) is 31.8 Å². The van der Waals surface area contributed by atoms with Gasteiger partial charge < -0.3 is 5.32 Å². The van der Waals surface area contributed by atoms with Crippen LogP contribution in [0.5, 0.6) is 0 Å². The maximum Gasteiger partial charge on any atom is 0.417 e. The Labute approximate surface area is 159 Å². The fraction of sp³-hybridized carbons (Fsp3) is 0.737. The molecule has 4 amide bonds. The monoisotopic (exact) mass is 374 g/mol. The number of carbonyl (C=O) groups excluding carboxylic acids is 3. The Morgan fingerprint density at radius 2 is 1.70 bits per heavy atom. The number of hydrogen-bond donors (Lipinski definition) is 1. The molecule has 2 saturated heterocycles. The van der Waals surface area contributed by atoms with Gasteiger partial charge in [0.15, 0.2) is 0 Å². The number of carbonyl (C=O) groups is 3. The molecule has 0 aromatic carbocycles. The third-order valence-electron chi connectivity index (χ3n) is 6.02. The van der Waals surface area contributed by atoms with Crippen molar-refractivity contribution in [2.75, 3.05) is 27.2 Å². The summed E-state index contributed by atoms with van der Waals surface area (Å²) in [6, 6.07) is 1.72. The van der Waals surface area contributed by atoms with Crippen molar-refractivity contribution in [2.24, 2.45) is 11.8 Å². The topological polar surface area (TPSA) is 96.5 Å². The van der Waals surface area contributed by atoms with Crippen molar-refractivity contribution in [1.29, 1.82) is 5.26 Å². The molecule has 1 atom stereocenters. The van der Waals surface area contributed by atoms with E-state index in [0.29, 0.717) is 18.9 Å². The van der Waals surface area contributed by atoms with E-state index in [1.165, 1.54) is 18.4 Å². The van der Waals surface area contributed by atoms with Crippen molar-refractivity contribution in [3.63, 3.8) is 0 Å². The lowest BCUT2D eigenvalue weighted by Gasteiger charge is -2.32. The molecular weight excluding hydrogens is 346 g/mol. The number of amides is 4. The van der Waals surface area contributed by atoms with Gasteiger partial charge >= 0.3 is 6.03 Å². The second-order valence-corrected chi connectivity index (χ2v) is 7.76. The van der Waals surface area contributed by atoms with Gasteiger partial charge in [-0.15, -0.1) is 0 Å². The van der Waals surface area contributed by atoms with Crippen LogP contribution >= 0.6 is 0 Å². The van der Waals surface area contributed by atoms with Crippen molar-refractivity contribution in [3.8, 4) is 6.07 Å². The Balaban J connectivity index is 1.66. The fourth-order valence-corrected chi connectivity index (χ4v) is 4.36. The quantitative estimate of drug-likeness (QED) is 0.727. The van der Waals surface area contributed by atoms with Gasteiger partial charge in [0.05, 0.1) is 26.2 Å². The maximum absolute atomic E-state index is 12.4. The Bertz CT molecular complexity index is 695. The molecule has 3 fully saturated rings. The average Bonchev–Trinajstić information content (AvgIpc) is 2.70. The Hall–Kier alpha value is -2.43. The van der Waals surface area contributed by atoms with E-state index in [2.05, 4.69) is 5.32 Å². The molecule has 2 aliphatic heterocycles. The van der Waals surface area contributed by atoms with Crippen LogP contribution in [0.25, 0.3) is 0 Å². The predicted molar refractivity (Wildman–Crippen MR) is 97.8 cm³/mol. The van der Waals surface area contributed by atoms with Crippen molar-refractivity contribution in [2.45, 2.75) is 51.0 Å².